The normalized spacial score (nSPS) is 11.2. The van der Waals surface area contributed by atoms with Gasteiger partial charge in [0.25, 0.3) is 0 Å². The summed E-state index contributed by atoms with van der Waals surface area (Å²) < 4.78 is 11.5. The fourth-order valence-corrected chi connectivity index (χ4v) is 3.32. The maximum Gasteiger partial charge on any atom is 0.336 e. The average Bonchev–Trinajstić information content (AvgIpc) is 2.80. The summed E-state index contributed by atoms with van der Waals surface area (Å²) in [6.07, 6.45) is 3.64. The molecule has 0 radical (unpaired) electrons. The zero-order chi connectivity index (χ0) is 21.8. The summed E-state index contributed by atoms with van der Waals surface area (Å²) in [6, 6.07) is 21.6. The molecular weight excluding hydrogens is 412 g/mol. The molecule has 4 nitrogen and oxygen atoms in total. The Morgan fingerprint density at radius 3 is 2.48 bits per heavy atom. The lowest BCUT2D eigenvalue weighted by atomic mass is 10.1. The minimum Gasteiger partial charge on any atom is -0.452 e. The van der Waals surface area contributed by atoms with Gasteiger partial charge in [-0.15, -0.1) is 0 Å². The number of aryl methyl sites for hydroxylation is 1. The number of esters is 1. The van der Waals surface area contributed by atoms with Gasteiger partial charge in [-0.1, -0.05) is 67.1 Å². The first kappa shape index (κ1) is 20.6. The highest BCUT2D eigenvalue weighted by Crippen LogP contribution is 2.31. The second-order valence-corrected chi connectivity index (χ2v) is 7.38. The molecule has 154 valence electrons. The first-order chi connectivity index (χ1) is 15.0. The van der Waals surface area contributed by atoms with Crippen molar-refractivity contribution in [2.45, 2.75) is 13.3 Å². The van der Waals surface area contributed by atoms with Crippen LogP contribution in [0.25, 0.3) is 28.4 Å². The molecule has 0 N–H and O–H groups in total. The smallest absolute Gasteiger partial charge is 0.336 e. The molecule has 0 saturated heterocycles. The Hall–Kier alpha value is -3.63. The van der Waals surface area contributed by atoms with Crippen molar-refractivity contribution in [2.24, 2.45) is 0 Å². The van der Waals surface area contributed by atoms with Crippen molar-refractivity contribution in [1.29, 1.82) is 0 Å². The Labute approximate surface area is 184 Å². The first-order valence-corrected chi connectivity index (χ1v) is 10.2. The minimum absolute atomic E-state index is 0.127. The number of rotatable bonds is 5. The van der Waals surface area contributed by atoms with Gasteiger partial charge in [-0.3, -0.25) is 4.79 Å². The quantitative estimate of drug-likeness (QED) is 0.275. The van der Waals surface area contributed by atoms with E-state index in [2.05, 4.69) is 0 Å². The molecule has 4 aromatic rings. The van der Waals surface area contributed by atoms with Gasteiger partial charge in [-0.25, -0.2) is 4.79 Å². The van der Waals surface area contributed by atoms with Gasteiger partial charge in [-0.2, -0.15) is 0 Å². The zero-order valence-electron chi connectivity index (χ0n) is 16.8. The number of hydrogen-bond acceptors (Lipinski definition) is 4. The number of halogens is 1. The summed E-state index contributed by atoms with van der Waals surface area (Å²) in [5.74, 6) is -0.585. The number of ether oxygens (including phenoxy) is 1. The van der Waals surface area contributed by atoms with Crippen LogP contribution in [0.5, 0.6) is 5.75 Å². The number of hydrogen-bond donors (Lipinski definition) is 0. The summed E-state index contributed by atoms with van der Waals surface area (Å²) >= 11 is 5.88. The van der Waals surface area contributed by atoms with E-state index in [1.807, 2.05) is 31.2 Å². The molecule has 0 bridgehead atoms. The van der Waals surface area contributed by atoms with E-state index in [1.54, 1.807) is 54.6 Å². The largest absolute Gasteiger partial charge is 0.452 e. The Bertz CT molecular complexity index is 1320. The van der Waals surface area contributed by atoms with E-state index in [0.29, 0.717) is 21.6 Å². The molecule has 0 unspecified atom stereocenters. The van der Waals surface area contributed by atoms with Crippen LogP contribution < -0.4 is 10.2 Å². The van der Waals surface area contributed by atoms with E-state index in [-0.39, 0.29) is 16.9 Å². The van der Waals surface area contributed by atoms with Gasteiger partial charge in [0.05, 0.1) is 5.39 Å². The Morgan fingerprint density at radius 2 is 1.77 bits per heavy atom. The molecule has 5 heteroatoms. The molecule has 0 aliphatic rings. The standard InChI is InChI=1S/C26H19ClO4/c1-2-17-10-14-22-21(16-17)24(29)26(25(30-22)19-6-4-3-5-7-19)31-23(28)15-11-18-8-12-20(27)13-9-18/h3-16H,2H2,1H3/b15-11+. The molecule has 31 heavy (non-hydrogen) atoms. The van der Waals surface area contributed by atoms with Crippen LogP contribution in [-0.2, 0) is 11.2 Å². The maximum atomic E-state index is 13.3. The summed E-state index contributed by atoms with van der Waals surface area (Å²) in [4.78, 5) is 25.8. The number of carbonyl (C=O) groups is 1. The number of carbonyl (C=O) groups excluding carboxylic acids is 1. The third-order valence-electron chi connectivity index (χ3n) is 4.84. The molecule has 0 aliphatic heterocycles. The van der Waals surface area contributed by atoms with Gasteiger partial charge >= 0.3 is 5.97 Å². The Balaban J connectivity index is 1.77. The Morgan fingerprint density at radius 1 is 1.03 bits per heavy atom. The minimum atomic E-state index is -0.676. The topological polar surface area (TPSA) is 56.5 Å². The summed E-state index contributed by atoms with van der Waals surface area (Å²) in [5, 5.41) is 0.982. The lowest BCUT2D eigenvalue weighted by Gasteiger charge is -2.10. The zero-order valence-corrected chi connectivity index (χ0v) is 17.6. The van der Waals surface area contributed by atoms with Crippen LogP contribution in [-0.4, -0.2) is 5.97 Å². The highest BCUT2D eigenvalue weighted by atomic mass is 35.5. The van der Waals surface area contributed by atoms with Gasteiger partial charge in [-0.05, 0) is 47.9 Å². The van der Waals surface area contributed by atoms with Crippen molar-refractivity contribution in [1.82, 2.24) is 0 Å². The fourth-order valence-electron chi connectivity index (χ4n) is 3.19. The molecule has 0 amide bonds. The van der Waals surface area contributed by atoms with Crippen molar-refractivity contribution >= 4 is 34.6 Å². The maximum absolute atomic E-state index is 13.3. The highest BCUT2D eigenvalue weighted by Gasteiger charge is 2.20. The second kappa shape index (κ2) is 9.02. The van der Waals surface area contributed by atoms with Crippen LogP contribution >= 0.6 is 11.6 Å². The van der Waals surface area contributed by atoms with Crippen LogP contribution in [0.15, 0.2) is 88.1 Å². The van der Waals surface area contributed by atoms with E-state index >= 15 is 0 Å². The van der Waals surface area contributed by atoms with Crippen LogP contribution in [0.2, 0.25) is 5.02 Å². The van der Waals surface area contributed by atoms with E-state index in [0.717, 1.165) is 17.5 Å². The van der Waals surface area contributed by atoms with E-state index in [4.69, 9.17) is 20.8 Å². The van der Waals surface area contributed by atoms with Gasteiger partial charge in [0, 0.05) is 16.7 Å². The molecule has 0 saturated carbocycles. The number of benzene rings is 3. The van der Waals surface area contributed by atoms with Crippen molar-refractivity contribution < 1.29 is 13.9 Å². The summed E-state index contributed by atoms with van der Waals surface area (Å²) in [5.41, 5.74) is 2.47. The van der Waals surface area contributed by atoms with Gasteiger partial charge in [0.2, 0.25) is 11.2 Å². The predicted octanol–water partition coefficient (Wildman–Crippen LogP) is 6.29. The molecule has 0 atom stereocenters. The molecule has 0 fully saturated rings. The molecule has 4 rings (SSSR count). The van der Waals surface area contributed by atoms with E-state index < -0.39 is 5.97 Å². The van der Waals surface area contributed by atoms with Crippen LogP contribution in [0.1, 0.15) is 18.1 Å². The van der Waals surface area contributed by atoms with Crippen molar-refractivity contribution in [3.8, 4) is 17.1 Å². The van der Waals surface area contributed by atoms with E-state index in [9.17, 15) is 9.59 Å². The van der Waals surface area contributed by atoms with Crippen LogP contribution in [0.3, 0.4) is 0 Å². The predicted molar refractivity (Wildman–Crippen MR) is 123 cm³/mol. The molecule has 1 heterocycles. The lowest BCUT2D eigenvalue weighted by molar-refractivity contribution is -0.129. The van der Waals surface area contributed by atoms with Crippen molar-refractivity contribution in [3.05, 3.63) is 105 Å². The molecule has 0 aliphatic carbocycles. The average molecular weight is 431 g/mol. The second-order valence-electron chi connectivity index (χ2n) is 6.95. The molecule has 3 aromatic carbocycles. The van der Waals surface area contributed by atoms with Crippen molar-refractivity contribution in [2.75, 3.05) is 0 Å². The third-order valence-corrected chi connectivity index (χ3v) is 5.09. The monoisotopic (exact) mass is 430 g/mol. The van der Waals surface area contributed by atoms with Crippen molar-refractivity contribution in [3.63, 3.8) is 0 Å². The Kier molecular flexibility index (Phi) is 6.01. The molecular formula is C26H19ClO4. The highest BCUT2D eigenvalue weighted by molar-refractivity contribution is 6.30. The van der Waals surface area contributed by atoms with Gasteiger partial charge in [0.1, 0.15) is 5.58 Å². The van der Waals surface area contributed by atoms with Crippen LogP contribution in [0.4, 0.5) is 0 Å². The first-order valence-electron chi connectivity index (χ1n) is 9.86. The molecule has 0 spiro atoms. The van der Waals surface area contributed by atoms with Gasteiger partial charge < -0.3 is 9.15 Å². The lowest BCUT2D eigenvalue weighted by Crippen LogP contribution is -2.14. The fraction of sp³-hybridized carbons (Fsp3) is 0.0769. The van der Waals surface area contributed by atoms with Gasteiger partial charge in [0.15, 0.2) is 5.76 Å². The van der Waals surface area contributed by atoms with Crippen LogP contribution in [0, 0.1) is 0 Å². The summed E-state index contributed by atoms with van der Waals surface area (Å²) in [6.45, 7) is 2.00. The molecule has 1 aromatic heterocycles. The SMILES string of the molecule is CCc1ccc2oc(-c3ccccc3)c(OC(=O)/C=C/c3ccc(Cl)cc3)c(=O)c2c1. The third kappa shape index (κ3) is 4.60. The number of fused-ring (bicyclic) bond motifs is 1. The summed E-state index contributed by atoms with van der Waals surface area (Å²) in [7, 11) is 0. The van der Waals surface area contributed by atoms with E-state index in [1.165, 1.54) is 6.08 Å².